The van der Waals surface area contributed by atoms with Crippen LogP contribution < -0.4 is 22.1 Å². The molecule has 2 fully saturated rings. The molecule has 3 aliphatic rings. The van der Waals surface area contributed by atoms with Crippen LogP contribution in [-0.2, 0) is 35.7 Å². The largest absolute Gasteiger partial charge is 0.465 e. The highest BCUT2D eigenvalue weighted by Crippen LogP contribution is 2.50. The van der Waals surface area contributed by atoms with Crippen molar-refractivity contribution >= 4 is 47.0 Å². The number of nitrogens with one attached hydrogen (secondary N) is 2. The molecule has 0 radical (unpaired) electrons. The number of carbonyl (C=O) groups is 6. The van der Waals surface area contributed by atoms with E-state index < -0.39 is 59.0 Å². The second-order valence-corrected chi connectivity index (χ2v) is 19.0. The highest BCUT2D eigenvalue weighted by molar-refractivity contribution is 5.98. The number of hydrogen-bond donors (Lipinski definition) is 6. The molecule has 63 heavy (non-hydrogen) atoms. The molecular weight excluding hydrogens is 801 g/mol. The third-order valence-electron chi connectivity index (χ3n) is 13.5. The fourth-order valence-electron chi connectivity index (χ4n) is 10.1. The number of benzene rings is 3. The van der Waals surface area contributed by atoms with Crippen LogP contribution in [0.5, 0.6) is 0 Å². The minimum absolute atomic E-state index is 0.0558. The molecule has 0 aromatic heterocycles. The molecule has 3 aromatic carbocycles. The Morgan fingerprint density at radius 1 is 0.651 bits per heavy atom. The zero-order valence-electron chi connectivity index (χ0n) is 37.4. The first-order valence-electron chi connectivity index (χ1n) is 21.9. The van der Waals surface area contributed by atoms with Gasteiger partial charge in [-0.05, 0) is 100 Å². The molecule has 2 saturated heterocycles. The Kier molecular flexibility index (Phi) is 13.2. The zero-order chi connectivity index (χ0) is 46.2. The summed E-state index contributed by atoms with van der Waals surface area (Å²) in [5.41, 5.74) is 16.9. The van der Waals surface area contributed by atoms with Crippen molar-refractivity contribution in [3.8, 4) is 0 Å². The van der Waals surface area contributed by atoms with E-state index in [2.05, 4.69) is 55.7 Å². The molecule has 2 aliphatic heterocycles. The van der Waals surface area contributed by atoms with E-state index in [4.69, 9.17) is 11.5 Å². The second kappa shape index (κ2) is 17.9. The summed E-state index contributed by atoms with van der Waals surface area (Å²) in [6.07, 6.45) is 0.496. The predicted molar refractivity (Wildman–Crippen MR) is 240 cm³/mol. The summed E-state index contributed by atoms with van der Waals surface area (Å²) in [6, 6.07) is 21.8. The summed E-state index contributed by atoms with van der Waals surface area (Å²) in [7, 11) is 0. The van der Waals surface area contributed by atoms with E-state index >= 15 is 0 Å². The van der Waals surface area contributed by atoms with Crippen LogP contribution >= 0.6 is 0 Å². The highest BCUT2D eigenvalue weighted by Gasteiger charge is 2.53. The van der Waals surface area contributed by atoms with Gasteiger partial charge in [0.15, 0.2) is 0 Å². The molecule has 1 aliphatic carbocycles. The normalized spacial score (nSPS) is 22.3. The molecule has 6 rings (SSSR count). The SMILES string of the molecule is CC(C)[C@H](NC(=O)O)C(=O)N1CCC[C@@]1(C(N)=O)c1ccc(C2=C(c3ccc(C(C)(C)C)cc3)C(c3ccc([C@]4(C(N)=O)CCCN4C(=O)[C@@H](NC(=O)O)C(C)C)cc3)CC2)cc1. The Balaban J connectivity index is 1.40. The Morgan fingerprint density at radius 3 is 1.44 bits per heavy atom. The zero-order valence-corrected chi connectivity index (χ0v) is 37.4. The lowest BCUT2D eigenvalue weighted by molar-refractivity contribution is -0.146. The van der Waals surface area contributed by atoms with E-state index in [0.717, 1.165) is 40.7 Å². The Hall–Kier alpha value is -6.18. The molecule has 0 bridgehead atoms. The van der Waals surface area contributed by atoms with Gasteiger partial charge in [-0.15, -0.1) is 0 Å². The monoisotopic (exact) mass is 862 g/mol. The fourth-order valence-corrected chi connectivity index (χ4v) is 10.1. The molecule has 3 aromatic rings. The number of nitrogens with zero attached hydrogens (tertiary/aromatic N) is 2. The van der Waals surface area contributed by atoms with Crippen molar-refractivity contribution in [3.05, 3.63) is 106 Å². The first-order valence-corrected chi connectivity index (χ1v) is 21.9. The summed E-state index contributed by atoms with van der Waals surface area (Å²) in [5.74, 6) is -3.13. The lowest BCUT2D eigenvalue weighted by atomic mass is 9.81. The van der Waals surface area contributed by atoms with Crippen molar-refractivity contribution in [2.45, 2.75) is 121 Å². The molecule has 8 N–H and O–H groups in total. The Labute approximate surface area is 369 Å². The van der Waals surface area contributed by atoms with Gasteiger partial charge in [0, 0.05) is 19.0 Å². The average Bonchev–Trinajstić information content (AvgIpc) is 4.00. The smallest absolute Gasteiger partial charge is 0.405 e. The molecule has 0 spiro atoms. The molecular formula is C49H62N6O8. The van der Waals surface area contributed by atoms with Gasteiger partial charge in [0.25, 0.3) is 0 Å². The molecule has 6 amide bonds. The number of carboxylic acid groups (broad SMARTS) is 2. The number of carbonyl (C=O) groups excluding carboxylic acids is 4. The van der Waals surface area contributed by atoms with Gasteiger partial charge in [-0.1, -0.05) is 121 Å². The second-order valence-electron chi connectivity index (χ2n) is 19.0. The van der Waals surface area contributed by atoms with Gasteiger partial charge in [0.1, 0.15) is 23.2 Å². The van der Waals surface area contributed by atoms with Gasteiger partial charge in [0.2, 0.25) is 23.6 Å². The maximum atomic E-state index is 14.0. The van der Waals surface area contributed by atoms with Crippen LogP contribution in [0.2, 0.25) is 0 Å². The van der Waals surface area contributed by atoms with Crippen LogP contribution in [0.15, 0.2) is 72.8 Å². The lowest BCUT2D eigenvalue weighted by Gasteiger charge is -2.39. The summed E-state index contributed by atoms with van der Waals surface area (Å²) in [4.78, 5) is 81.0. The van der Waals surface area contributed by atoms with Crippen LogP contribution in [0.3, 0.4) is 0 Å². The van der Waals surface area contributed by atoms with Gasteiger partial charge < -0.3 is 42.1 Å². The molecule has 0 saturated carbocycles. The van der Waals surface area contributed by atoms with Crippen molar-refractivity contribution < 1.29 is 39.0 Å². The van der Waals surface area contributed by atoms with E-state index in [9.17, 15) is 39.0 Å². The summed E-state index contributed by atoms with van der Waals surface area (Å²) < 4.78 is 0. The van der Waals surface area contributed by atoms with E-state index in [-0.39, 0.29) is 36.3 Å². The first kappa shape index (κ1) is 46.3. The summed E-state index contributed by atoms with van der Waals surface area (Å²) >= 11 is 0. The topological polar surface area (TPSA) is 225 Å². The maximum Gasteiger partial charge on any atom is 0.405 e. The van der Waals surface area contributed by atoms with Crippen molar-refractivity contribution in [2.75, 3.05) is 13.1 Å². The number of rotatable bonds is 13. The summed E-state index contributed by atoms with van der Waals surface area (Å²) in [5, 5.41) is 23.7. The number of likely N-dealkylation sites (tertiary alicyclic amines) is 2. The molecule has 1 unspecified atom stereocenters. The standard InChI is InChI=1S/C49H62N6O8/c1-28(2)39(52-45(60)61)41(56)54-26-8-24-48(54,43(50)58)34-18-10-30(11-19-34)36-22-23-37(38(36)32-14-16-33(17-15-32)47(5,6)7)31-12-20-35(21-13-31)49(44(51)59)25-9-27-55(49)42(57)40(29(3)4)53-46(62)63/h10-21,28-29,36,39-40,52-53H,8-9,22-27H2,1-7H3,(H2,50,58)(H2,51,59)(H,60,61)(H,62,63)/t36?,39-,40-,48-,49-/m0/s1. The van der Waals surface area contributed by atoms with Gasteiger partial charge in [-0.2, -0.15) is 0 Å². The molecule has 2 heterocycles. The van der Waals surface area contributed by atoms with E-state index in [0.29, 0.717) is 36.8 Å². The maximum absolute atomic E-state index is 14.0. The predicted octanol–water partition coefficient (Wildman–Crippen LogP) is 6.66. The van der Waals surface area contributed by atoms with E-state index in [1.165, 1.54) is 15.4 Å². The van der Waals surface area contributed by atoms with E-state index in [1.54, 1.807) is 27.7 Å². The number of hydrogen-bond acceptors (Lipinski definition) is 6. The third-order valence-corrected chi connectivity index (χ3v) is 13.5. The number of nitrogens with two attached hydrogens (primary N) is 2. The summed E-state index contributed by atoms with van der Waals surface area (Å²) in [6.45, 7) is 14.0. The Bertz CT molecular complexity index is 2280. The van der Waals surface area contributed by atoms with Gasteiger partial charge >= 0.3 is 12.2 Å². The van der Waals surface area contributed by atoms with Crippen LogP contribution in [0.4, 0.5) is 9.59 Å². The fraction of sp³-hybridized carbons (Fsp3) is 0.469. The van der Waals surface area contributed by atoms with Crippen molar-refractivity contribution in [1.29, 1.82) is 0 Å². The minimum Gasteiger partial charge on any atom is -0.465 e. The van der Waals surface area contributed by atoms with Gasteiger partial charge in [-0.3, -0.25) is 19.2 Å². The van der Waals surface area contributed by atoms with E-state index in [1.807, 2.05) is 48.5 Å². The van der Waals surface area contributed by atoms with Gasteiger partial charge in [-0.25, -0.2) is 9.59 Å². The quantitative estimate of drug-likeness (QED) is 0.109. The number of primary amides is 2. The molecule has 5 atom stereocenters. The third kappa shape index (κ3) is 8.64. The number of allylic oxidation sites excluding steroid dienone is 2. The molecule has 336 valence electrons. The van der Waals surface area contributed by atoms with Gasteiger partial charge in [0.05, 0.1) is 0 Å². The lowest BCUT2D eigenvalue weighted by Crippen LogP contribution is -2.59. The highest BCUT2D eigenvalue weighted by atomic mass is 16.4. The minimum atomic E-state index is -1.45. The average molecular weight is 863 g/mol. The van der Waals surface area contributed by atoms with Crippen molar-refractivity contribution in [3.63, 3.8) is 0 Å². The van der Waals surface area contributed by atoms with Crippen LogP contribution in [0.25, 0.3) is 11.1 Å². The van der Waals surface area contributed by atoms with Crippen molar-refractivity contribution in [2.24, 2.45) is 23.3 Å². The number of amides is 6. The van der Waals surface area contributed by atoms with Crippen molar-refractivity contribution in [1.82, 2.24) is 20.4 Å². The Morgan fingerprint density at radius 2 is 1.06 bits per heavy atom. The molecule has 14 heteroatoms. The first-order chi connectivity index (χ1) is 29.6. The van der Waals surface area contributed by atoms with Crippen LogP contribution in [0, 0.1) is 11.8 Å². The van der Waals surface area contributed by atoms with Crippen LogP contribution in [0.1, 0.15) is 126 Å². The molecule has 14 nitrogen and oxygen atoms in total. The van der Waals surface area contributed by atoms with Crippen LogP contribution in [-0.4, -0.2) is 81.0 Å².